The van der Waals surface area contributed by atoms with E-state index in [4.69, 9.17) is 15.2 Å². The highest BCUT2D eigenvalue weighted by molar-refractivity contribution is 6.23. The van der Waals surface area contributed by atoms with Crippen molar-refractivity contribution in [2.45, 2.75) is 38.3 Å². The van der Waals surface area contributed by atoms with Gasteiger partial charge in [-0.2, -0.15) is 0 Å². The molecule has 0 bridgehead atoms. The number of hydrogen-bond donors (Lipinski definition) is 2. The number of nitrogens with zero attached hydrogens (tertiary/aromatic N) is 4. The number of rotatable bonds is 12. The van der Waals surface area contributed by atoms with Crippen molar-refractivity contribution >= 4 is 23.6 Å². The van der Waals surface area contributed by atoms with E-state index >= 15 is 0 Å². The van der Waals surface area contributed by atoms with E-state index in [0.717, 1.165) is 16.2 Å². The molecule has 2 aliphatic heterocycles. The van der Waals surface area contributed by atoms with Crippen LogP contribution in [0.4, 0.5) is 0 Å². The molecule has 0 radical (unpaired) electrons. The van der Waals surface area contributed by atoms with Crippen LogP contribution in [0.1, 0.15) is 44.8 Å². The Balaban J connectivity index is 1.29. The third kappa shape index (κ3) is 5.78. The van der Waals surface area contributed by atoms with E-state index in [1.807, 2.05) is 6.20 Å². The molecule has 12 nitrogen and oxygen atoms in total. The summed E-state index contributed by atoms with van der Waals surface area (Å²) >= 11 is 0. The Hall–Kier alpha value is -3.48. The van der Waals surface area contributed by atoms with Crippen molar-refractivity contribution in [3.63, 3.8) is 0 Å². The molecule has 4 rings (SSSR count). The van der Waals surface area contributed by atoms with Gasteiger partial charge in [0.25, 0.3) is 11.8 Å². The number of carbonyl (C=O) groups is 4. The Morgan fingerprint density at radius 3 is 2.54 bits per heavy atom. The average Bonchev–Trinajstić information content (AvgIpc) is 3.40. The smallest absolute Gasteiger partial charge is 0.262 e. The summed E-state index contributed by atoms with van der Waals surface area (Å²) < 4.78 is 12.4. The van der Waals surface area contributed by atoms with Crippen LogP contribution in [-0.2, 0) is 38.4 Å². The van der Waals surface area contributed by atoms with Crippen LogP contribution in [0.2, 0.25) is 0 Å². The van der Waals surface area contributed by atoms with Crippen LogP contribution in [0, 0.1) is 0 Å². The first kappa shape index (κ1) is 24.6. The molecule has 2 aliphatic rings. The molecule has 0 saturated carbocycles. The quantitative estimate of drug-likeness (QED) is 0.298. The topological polar surface area (TPSA) is 159 Å². The molecule has 2 aromatic rings. The predicted octanol–water partition coefficient (Wildman–Crippen LogP) is -0.544. The van der Waals surface area contributed by atoms with Gasteiger partial charge >= 0.3 is 0 Å². The minimum absolute atomic E-state index is 0.0884. The lowest BCUT2D eigenvalue weighted by molar-refractivity contribution is -0.136. The molecule has 0 spiro atoms. The Bertz CT molecular complexity index is 1120. The molecule has 1 aromatic carbocycles. The minimum Gasteiger partial charge on any atom is -0.378 e. The lowest BCUT2D eigenvalue weighted by Crippen LogP contribution is -2.54. The highest BCUT2D eigenvalue weighted by Gasteiger charge is 2.44. The van der Waals surface area contributed by atoms with Gasteiger partial charge in [0.05, 0.1) is 49.8 Å². The molecule has 1 saturated heterocycles. The molecule has 1 atom stereocenters. The van der Waals surface area contributed by atoms with Crippen LogP contribution in [0.15, 0.2) is 24.4 Å². The van der Waals surface area contributed by atoms with Crippen molar-refractivity contribution < 1.29 is 28.7 Å². The van der Waals surface area contributed by atoms with Gasteiger partial charge in [-0.05, 0) is 37.0 Å². The molecule has 3 N–H and O–H groups in total. The summed E-state index contributed by atoms with van der Waals surface area (Å²) in [6.07, 6.45) is 3.27. The molecule has 3 heterocycles. The van der Waals surface area contributed by atoms with E-state index in [-0.39, 0.29) is 24.0 Å². The lowest BCUT2D eigenvalue weighted by Gasteiger charge is -2.27. The van der Waals surface area contributed by atoms with Crippen LogP contribution in [0.5, 0.6) is 0 Å². The van der Waals surface area contributed by atoms with Gasteiger partial charge in [-0.25, -0.2) is 4.68 Å². The summed E-state index contributed by atoms with van der Waals surface area (Å²) in [6, 6.07) is 4.12. The molecule has 1 aromatic heterocycles. The molecule has 1 fully saturated rings. The van der Waals surface area contributed by atoms with Crippen molar-refractivity contribution in [1.82, 2.24) is 25.2 Å². The van der Waals surface area contributed by atoms with E-state index in [1.165, 1.54) is 0 Å². The molecule has 4 amide bonds. The molecule has 186 valence electrons. The van der Waals surface area contributed by atoms with Crippen LogP contribution >= 0.6 is 0 Å². The zero-order chi connectivity index (χ0) is 24.8. The monoisotopic (exact) mass is 484 g/mol. The lowest BCUT2D eigenvalue weighted by atomic mass is 10.0. The molecule has 12 heteroatoms. The van der Waals surface area contributed by atoms with Crippen molar-refractivity contribution in [3.8, 4) is 0 Å². The summed E-state index contributed by atoms with van der Waals surface area (Å²) in [5.74, 6) is -2.05. The van der Waals surface area contributed by atoms with Gasteiger partial charge in [0.15, 0.2) is 0 Å². The Morgan fingerprint density at radius 1 is 1.00 bits per heavy atom. The Morgan fingerprint density at radius 2 is 1.77 bits per heavy atom. The summed E-state index contributed by atoms with van der Waals surface area (Å²) in [4.78, 5) is 50.3. The maximum Gasteiger partial charge on any atom is 0.262 e. The van der Waals surface area contributed by atoms with Crippen molar-refractivity contribution in [3.05, 3.63) is 46.8 Å². The largest absolute Gasteiger partial charge is 0.378 e. The van der Waals surface area contributed by atoms with Crippen LogP contribution in [0.25, 0.3) is 0 Å². The Kier molecular flexibility index (Phi) is 7.95. The zero-order valence-corrected chi connectivity index (χ0v) is 19.3. The number of piperidine rings is 1. The zero-order valence-electron chi connectivity index (χ0n) is 19.3. The van der Waals surface area contributed by atoms with E-state index in [9.17, 15) is 19.2 Å². The number of hydrogen-bond acceptors (Lipinski definition) is 9. The highest BCUT2D eigenvalue weighted by Crippen LogP contribution is 2.28. The van der Waals surface area contributed by atoms with E-state index in [0.29, 0.717) is 52.4 Å². The fourth-order valence-corrected chi connectivity index (χ4v) is 4.07. The SMILES string of the molecule is NCCOCCOCCn1cc(CCc2ccc3c(c2)C(=O)N(C2CCC(=O)NC2=O)C3=O)nn1. The maximum absolute atomic E-state index is 13.0. The van der Waals surface area contributed by atoms with Gasteiger partial charge in [-0.1, -0.05) is 11.3 Å². The number of ether oxygens (including phenoxy) is 2. The average molecular weight is 485 g/mol. The van der Waals surface area contributed by atoms with Crippen LogP contribution in [0.3, 0.4) is 0 Å². The molecule has 1 unspecified atom stereocenters. The minimum atomic E-state index is -0.971. The number of benzene rings is 1. The van der Waals surface area contributed by atoms with Gasteiger partial charge in [0.1, 0.15) is 6.04 Å². The number of imide groups is 2. The number of fused-ring (bicyclic) bond motifs is 1. The second-order valence-electron chi connectivity index (χ2n) is 8.31. The standard InChI is InChI=1S/C23H28N6O6/c24-7-9-34-11-12-35-10-8-28-14-16(26-27-28)3-1-15-2-4-17-18(13-15)23(33)29(22(17)32)19-5-6-20(30)25-21(19)31/h2,4,13-14,19H,1,3,5-12,24H2,(H,25,30,31). The van der Waals surface area contributed by atoms with Crippen molar-refractivity contribution in [1.29, 1.82) is 0 Å². The maximum atomic E-state index is 13.0. The summed E-state index contributed by atoms with van der Waals surface area (Å²) in [7, 11) is 0. The van der Waals surface area contributed by atoms with Gasteiger partial charge in [-0.15, -0.1) is 5.10 Å². The molecule has 0 aliphatic carbocycles. The van der Waals surface area contributed by atoms with Crippen LogP contribution in [-0.4, -0.2) is 82.5 Å². The first-order valence-corrected chi connectivity index (χ1v) is 11.6. The highest BCUT2D eigenvalue weighted by atomic mass is 16.5. The number of aryl methyl sites for hydroxylation is 2. The van der Waals surface area contributed by atoms with E-state index in [2.05, 4.69) is 15.6 Å². The normalized spacial score (nSPS) is 17.7. The fourth-order valence-electron chi connectivity index (χ4n) is 4.07. The number of nitrogens with two attached hydrogens (primary N) is 1. The van der Waals surface area contributed by atoms with Crippen molar-refractivity contribution in [2.24, 2.45) is 5.73 Å². The summed E-state index contributed by atoms with van der Waals surface area (Å²) in [5, 5.41) is 10.5. The van der Waals surface area contributed by atoms with Gasteiger partial charge in [0, 0.05) is 19.2 Å². The van der Waals surface area contributed by atoms with Gasteiger partial charge in [-0.3, -0.25) is 29.4 Å². The van der Waals surface area contributed by atoms with Gasteiger partial charge in [0.2, 0.25) is 11.8 Å². The summed E-state index contributed by atoms with van der Waals surface area (Å²) in [6.45, 7) is 3.04. The summed E-state index contributed by atoms with van der Waals surface area (Å²) in [5.41, 5.74) is 7.55. The number of amides is 4. The predicted molar refractivity (Wildman–Crippen MR) is 121 cm³/mol. The second kappa shape index (κ2) is 11.3. The third-order valence-electron chi connectivity index (χ3n) is 5.86. The van der Waals surface area contributed by atoms with E-state index in [1.54, 1.807) is 22.9 Å². The first-order valence-electron chi connectivity index (χ1n) is 11.6. The third-order valence-corrected chi connectivity index (χ3v) is 5.86. The van der Waals surface area contributed by atoms with Crippen LogP contribution < -0.4 is 11.1 Å². The van der Waals surface area contributed by atoms with Gasteiger partial charge < -0.3 is 15.2 Å². The van der Waals surface area contributed by atoms with E-state index < -0.39 is 29.7 Å². The molecule has 35 heavy (non-hydrogen) atoms. The fraction of sp³-hybridized carbons (Fsp3) is 0.478. The number of nitrogens with one attached hydrogen (secondary N) is 1. The molecular weight excluding hydrogens is 456 g/mol. The second-order valence-corrected chi connectivity index (χ2v) is 8.31. The first-order chi connectivity index (χ1) is 17.0. The Labute approximate surface area is 201 Å². The molecular formula is C23H28N6O6. The van der Waals surface area contributed by atoms with Crippen molar-refractivity contribution in [2.75, 3.05) is 33.0 Å². The number of aromatic nitrogens is 3. The number of carbonyl (C=O) groups excluding carboxylic acids is 4.